The molecule has 6 aromatic rings. The van der Waals surface area contributed by atoms with Crippen LogP contribution in [0, 0.1) is 39.4 Å². The molecule has 0 spiro atoms. The molecular weight excluding hydrogens is 912 g/mol. The van der Waals surface area contributed by atoms with Crippen molar-refractivity contribution in [3.8, 4) is 0 Å². The van der Waals surface area contributed by atoms with Crippen molar-refractivity contribution in [3.05, 3.63) is 107 Å². The number of esters is 1. The molecule has 6 heterocycles. The number of carbonyl (C=O) groups is 2. The van der Waals surface area contributed by atoms with Gasteiger partial charge >= 0.3 is 5.20 Å². The summed E-state index contributed by atoms with van der Waals surface area (Å²) in [6.45, 7) is 8.13. The molecule has 0 unspecified atom stereocenters. The summed E-state index contributed by atoms with van der Waals surface area (Å²) in [6, 6.07) is 13.6. The van der Waals surface area contributed by atoms with Crippen LogP contribution in [0.15, 0.2) is 61.1 Å². The number of pyridine rings is 3. The Hall–Kier alpha value is -0.378. The maximum atomic E-state index is 11.5. The van der Waals surface area contributed by atoms with Crippen molar-refractivity contribution in [2.24, 2.45) is 0 Å². The number of aldehydes is 1. The van der Waals surface area contributed by atoms with E-state index in [2.05, 4.69) is 80.6 Å². The Morgan fingerprint density at radius 2 is 1.30 bits per heavy atom. The van der Waals surface area contributed by atoms with E-state index in [1.165, 1.54) is 5.56 Å². The van der Waals surface area contributed by atoms with Crippen LogP contribution in [0.2, 0.25) is 0 Å². The summed E-state index contributed by atoms with van der Waals surface area (Å²) in [5.41, 5.74) is 6.97. The Balaban J connectivity index is -0.000000556. The molecule has 0 N–H and O–H groups in total. The molecule has 0 saturated heterocycles. The van der Waals surface area contributed by atoms with Crippen molar-refractivity contribution in [1.29, 1.82) is 0 Å². The van der Waals surface area contributed by atoms with Crippen molar-refractivity contribution in [1.82, 2.24) is 28.8 Å². The van der Waals surface area contributed by atoms with Gasteiger partial charge < -0.3 is 33.0 Å². The van der Waals surface area contributed by atoms with Crippen LogP contribution in [0.3, 0.4) is 0 Å². The third kappa shape index (κ3) is 16.9. The molecule has 0 aliphatic rings. The molecule has 245 valence electrons. The Bertz CT molecular complexity index is 1870. The van der Waals surface area contributed by atoms with Crippen molar-refractivity contribution in [2.45, 2.75) is 42.5 Å². The Labute approximate surface area is 365 Å². The molecule has 10 nitrogen and oxygen atoms in total. The molecule has 0 aliphatic carbocycles. The van der Waals surface area contributed by atoms with E-state index < -0.39 is 5.20 Å². The molecule has 47 heavy (non-hydrogen) atoms. The van der Waals surface area contributed by atoms with Gasteiger partial charge in [0.2, 0.25) is 5.97 Å². The first kappa shape index (κ1) is 51.0. The summed E-state index contributed by atoms with van der Waals surface area (Å²) >= 11 is 13.8. The van der Waals surface area contributed by atoms with E-state index in [0.717, 1.165) is 34.0 Å². The number of aryl methyl sites for hydroxylation is 3. The molecule has 0 aliphatic heterocycles. The van der Waals surface area contributed by atoms with Gasteiger partial charge in [-0.2, -0.15) is 6.07 Å². The van der Waals surface area contributed by atoms with Gasteiger partial charge in [0, 0.05) is 123 Å². The maximum absolute atomic E-state index is 11.5. The van der Waals surface area contributed by atoms with E-state index in [4.69, 9.17) is 4.74 Å². The second-order valence-corrected chi connectivity index (χ2v) is 15.3. The first-order chi connectivity index (χ1) is 19.9. The molecule has 3 radical (unpaired) electrons. The van der Waals surface area contributed by atoms with Crippen LogP contribution in [-0.4, -0.2) is 47.7 Å². The summed E-state index contributed by atoms with van der Waals surface area (Å²) in [6.07, 6.45) is 14.4. The van der Waals surface area contributed by atoms with Gasteiger partial charge in [-0.05, 0) is 103 Å². The minimum atomic E-state index is -3.22. The smallest absolute Gasteiger partial charge is 0.339 e. The SMILES string of the molecule is C.C.CCOC(=O)c1[c-]nn2ccc(C)cc12.Cc1ccn2n[c-]c(C=O)c2c1.Cc1ccn2n[c-]cc2c1.O=P(Cl)(Cl)Cl.[Y].[Y].[Y]. The fourth-order valence-electron chi connectivity index (χ4n) is 3.50. The second kappa shape index (κ2) is 24.7. The molecule has 6 rings (SSSR count). The number of fused-ring (bicyclic) bond motifs is 3. The van der Waals surface area contributed by atoms with Crippen LogP contribution in [0.5, 0.6) is 0 Å². The average molecular weight is 946 g/mol. The third-order valence-electron chi connectivity index (χ3n) is 5.35. The second-order valence-electron chi connectivity index (χ2n) is 8.66. The Morgan fingerprint density at radius 1 is 0.830 bits per heavy atom. The van der Waals surface area contributed by atoms with E-state index in [1.54, 1.807) is 26.7 Å². The molecule has 0 saturated carbocycles. The fourth-order valence-corrected chi connectivity index (χ4v) is 3.50. The van der Waals surface area contributed by atoms with Gasteiger partial charge in [0.1, 0.15) is 0 Å². The summed E-state index contributed by atoms with van der Waals surface area (Å²) in [4.78, 5) is 22.0. The van der Waals surface area contributed by atoms with Gasteiger partial charge in [0.15, 0.2) is 0 Å². The van der Waals surface area contributed by atoms with Crippen molar-refractivity contribution in [3.63, 3.8) is 0 Å². The summed E-state index contributed by atoms with van der Waals surface area (Å²) < 4.78 is 19.5. The molecule has 6 aromatic heterocycles. The molecule has 0 aromatic carbocycles. The minimum Gasteiger partial charge on any atom is -0.519 e. The number of hydrogen-bond donors (Lipinski definition) is 0. The van der Waals surface area contributed by atoms with Gasteiger partial charge in [-0.1, -0.05) is 54.8 Å². The zero-order valence-electron chi connectivity index (χ0n) is 24.7. The monoisotopic (exact) mass is 944 g/mol. The van der Waals surface area contributed by atoms with Crippen LogP contribution in [0.1, 0.15) is 59.2 Å². The van der Waals surface area contributed by atoms with Gasteiger partial charge in [-0.3, -0.25) is 14.8 Å². The molecular formula is C30H33Cl3N6O4PY3-3. The predicted octanol–water partition coefficient (Wildman–Crippen LogP) is 8.39. The van der Waals surface area contributed by atoms with Crippen molar-refractivity contribution >= 4 is 67.7 Å². The Kier molecular flexibility index (Phi) is 26.8. The number of hydrogen-bond acceptors (Lipinski definition) is 7. The van der Waals surface area contributed by atoms with Crippen LogP contribution in [0.25, 0.3) is 16.6 Å². The van der Waals surface area contributed by atoms with Crippen molar-refractivity contribution in [2.75, 3.05) is 6.61 Å². The number of aromatic nitrogens is 6. The molecule has 17 heteroatoms. The standard InChI is InChI=1S/C11H11N2O2.C9H7N2O.C8H7N2.2CH4.Cl3OP.3Y/c1-3-15-11(14)9-7-12-13-5-4-8(2)6-10(9)13;1-7-2-3-11-9(4-7)8(6-12)5-10-11;1-7-3-5-10-8(6-7)2-4-9-10;;;1-5(2,3)4;;;/h4-6H,3H2,1-2H3;2-4,6H,1H3;2-3,5-6H,1H3;2*1H4;;;;/q3*-1;;;;;;. The topological polar surface area (TPSA) is 112 Å². The zero-order valence-corrected chi connectivity index (χ0v) is 36.4. The first-order valence-electron chi connectivity index (χ1n) is 12.3. The summed E-state index contributed by atoms with van der Waals surface area (Å²) in [7, 11) is 0. The van der Waals surface area contributed by atoms with E-state index in [9.17, 15) is 14.2 Å². The number of carbonyl (C=O) groups excluding carboxylic acids is 2. The number of ether oxygens (including phenoxy) is 1. The molecule has 0 bridgehead atoms. The largest absolute Gasteiger partial charge is 0.519 e. The zero-order chi connectivity index (χ0) is 30.9. The number of rotatable bonds is 3. The average Bonchev–Trinajstić information content (AvgIpc) is 3.66. The van der Waals surface area contributed by atoms with E-state index in [1.807, 2.05) is 62.6 Å². The van der Waals surface area contributed by atoms with E-state index in [-0.39, 0.29) is 119 Å². The normalized spacial score (nSPS) is 9.51. The Morgan fingerprint density at radius 3 is 1.83 bits per heavy atom. The van der Waals surface area contributed by atoms with Crippen LogP contribution < -0.4 is 0 Å². The molecule has 0 atom stereocenters. The summed E-state index contributed by atoms with van der Waals surface area (Å²) in [5.74, 6) is -0.377. The molecule has 0 amide bonds. The van der Waals surface area contributed by atoms with Gasteiger partial charge in [0.25, 0.3) is 0 Å². The number of nitrogens with zero attached hydrogens (tertiary/aromatic N) is 6. The van der Waals surface area contributed by atoms with Gasteiger partial charge in [-0.25, -0.2) is 0 Å². The van der Waals surface area contributed by atoms with Crippen LogP contribution in [-0.2, 0) is 107 Å². The van der Waals surface area contributed by atoms with Gasteiger partial charge in [0.05, 0.1) is 6.61 Å². The summed E-state index contributed by atoms with van der Waals surface area (Å²) in [5, 5.41) is 8.57. The van der Waals surface area contributed by atoms with Crippen molar-refractivity contribution < 1.29 is 117 Å². The van der Waals surface area contributed by atoms with E-state index in [0.29, 0.717) is 17.7 Å². The predicted molar refractivity (Wildman–Crippen MR) is 176 cm³/mol. The number of halogens is 3. The quantitative estimate of drug-likeness (QED) is 0.0759. The third-order valence-corrected chi connectivity index (χ3v) is 5.35. The maximum Gasteiger partial charge on any atom is 0.339 e. The van der Waals surface area contributed by atoms with Crippen LogP contribution in [0.4, 0.5) is 0 Å². The van der Waals surface area contributed by atoms with Crippen LogP contribution >= 0.6 is 38.9 Å². The first-order valence-corrected chi connectivity index (χ1v) is 16.7. The minimum absolute atomic E-state index is 0. The van der Waals surface area contributed by atoms with E-state index >= 15 is 0 Å². The fraction of sp³-hybridized carbons (Fsp3) is 0.233. The molecule has 0 fully saturated rings. The van der Waals surface area contributed by atoms with Gasteiger partial charge in [-0.15, -0.1) is 17.8 Å².